The Balaban J connectivity index is 1.50. The predicted molar refractivity (Wildman–Crippen MR) is 102 cm³/mol. The summed E-state index contributed by atoms with van der Waals surface area (Å²) in [4.78, 5) is 9.22. The first-order chi connectivity index (χ1) is 13.4. The maximum Gasteiger partial charge on any atom is 0.255 e. The van der Waals surface area contributed by atoms with Crippen molar-refractivity contribution in [2.75, 3.05) is 6.61 Å². The van der Waals surface area contributed by atoms with E-state index in [0.717, 1.165) is 42.0 Å². The van der Waals surface area contributed by atoms with Crippen molar-refractivity contribution >= 4 is 11.3 Å². The molecule has 1 aliphatic rings. The van der Waals surface area contributed by atoms with Crippen LogP contribution in [0.1, 0.15) is 30.7 Å². The summed E-state index contributed by atoms with van der Waals surface area (Å²) in [6.07, 6.45) is 3.75. The molecule has 1 aliphatic heterocycles. The second-order valence-electron chi connectivity index (χ2n) is 6.50. The third kappa shape index (κ3) is 3.20. The number of hydrogen-bond acceptors (Lipinski definition) is 6. The zero-order valence-electron chi connectivity index (χ0n) is 14.6. The van der Waals surface area contributed by atoms with E-state index >= 15 is 0 Å². The summed E-state index contributed by atoms with van der Waals surface area (Å²) >= 11 is 1.67. The van der Waals surface area contributed by atoms with Crippen molar-refractivity contribution < 1.29 is 9.26 Å². The number of rotatable bonds is 5. The molecule has 0 aliphatic carbocycles. The van der Waals surface area contributed by atoms with Gasteiger partial charge < -0.3 is 13.8 Å². The Morgan fingerprint density at radius 3 is 2.85 bits per heavy atom. The highest BCUT2D eigenvalue weighted by Crippen LogP contribution is 2.33. The van der Waals surface area contributed by atoms with E-state index in [-0.39, 0.29) is 6.10 Å². The van der Waals surface area contributed by atoms with Gasteiger partial charge in [0.15, 0.2) is 5.82 Å². The zero-order chi connectivity index (χ0) is 18.1. The fourth-order valence-electron chi connectivity index (χ4n) is 3.40. The molecule has 4 heterocycles. The van der Waals surface area contributed by atoms with Crippen LogP contribution in [-0.2, 0) is 11.3 Å². The quantitative estimate of drug-likeness (QED) is 0.509. The van der Waals surface area contributed by atoms with Gasteiger partial charge in [0.1, 0.15) is 6.10 Å². The monoisotopic (exact) mass is 378 g/mol. The van der Waals surface area contributed by atoms with E-state index in [9.17, 15) is 0 Å². The van der Waals surface area contributed by atoms with Gasteiger partial charge in [-0.25, -0.2) is 4.98 Å². The van der Waals surface area contributed by atoms with Crippen LogP contribution in [0.4, 0.5) is 0 Å². The van der Waals surface area contributed by atoms with E-state index in [0.29, 0.717) is 18.3 Å². The Bertz CT molecular complexity index is 1020. The molecule has 5 rings (SSSR count). The standard InChI is InChI=1S/C20H18N4O2S/c1-2-5-14(6-3-1)18-19(15-8-10-27-12-15)24(13-21-18)11-17-22-20(26-23-17)16-7-4-9-25-16/h1-3,5-6,8,10,12-13,16H,4,7,9,11H2/t16-/m1/s1. The summed E-state index contributed by atoms with van der Waals surface area (Å²) in [6.45, 7) is 1.26. The first-order valence-corrected chi connectivity index (χ1v) is 9.90. The van der Waals surface area contributed by atoms with Gasteiger partial charge in [0.25, 0.3) is 5.89 Å². The van der Waals surface area contributed by atoms with Crippen molar-refractivity contribution in [3.63, 3.8) is 0 Å². The lowest BCUT2D eigenvalue weighted by molar-refractivity contribution is 0.0835. The minimum atomic E-state index is -0.0646. The highest BCUT2D eigenvalue weighted by molar-refractivity contribution is 7.08. The maximum absolute atomic E-state index is 5.63. The molecule has 6 nitrogen and oxygen atoms in total. The second kappa shape index (κ2) is 7.09. The SMILES string of the molecule is c1ccc(-c2ncn(Cc3noc([C@H]4CCCO4)n3)c2-c2ccsc2)cc1. The van der Waals surface area contributed by atoms with Crippen molar-refractivity contribution in [1.29, 1.82) is 0 Å². The molecule has 27 heavy (non-hydrogen) atoms. The minimum absolute atomic E-state index is 0.0646. The molecule has 0 unspecified atom stereocenters. The number of hydrogen-bond donors (Lipinski definition) is 0. The lowest BCUT2D eigenvalue weighted by Gasteiger charge is -2.07. The van der Waals surface area contributed by atoms with Crippen molar-refractivity contribution in [2.24, 2.45) is 0 Å². The minimum Gasteiger partial charge on any atom is -0.368 e. The molecule has 0 radical (unpaired) electrons. The van der Waals surface area contributed by atoms with Gasteiger partial charge in [0.05, 0.1) is 24.3 Å². The molecule has 0 saturated carbocycles. The number of thiophene rings is 1. The van der Waals surface area contributed by atoms with Crippen LogP contribution in [-0.4, -0.2) is 26.3 Å². The smallest absolute Gasteiger partial charge is 0.255 e. The predicted octanol–water partition coefficient (Wildman–Crippen LogP) is 4.56. The first kappa shape index (κ1) is 16.4. The lowest BCUT2D eigenvalue weighted by Crippen LogP contribution is -2.03. The van der Waals surface area contributed by atoms with E-state index in [1.165, 1.54) is 0 Å². The molecule has 4 aromatic rings. The number of aromatic nitrogens is 4. The van der Waals surface area contributed by atoms with Crippen LogP contribution < -0.4 is 0 Å². The molecule has 136 valence electrons. The van der Waals surface area contributed by atoms with Crippen LogP contribution >= 0.6 is 11.3 Å². The second-order valence-corrected chi connectivity index (χ2v) is 7.28. The maximum atomic E-state index is 5.63. The van der Waals surface area contributed by atoms with Crippen molar-refractivity contribution in [3.05, 3.63) is 65.2 Å². The number of ether oxygens (including phenoxy) is 1. The average Bonchev–Trinajstić information content (AvgIpc) is 3.48. The van der Waals surface area contributed by atoms with Gasteiger partial charge in [0.2, 0.25) is 0 Å². The van der Waals surface area contributed by atoms with E-state index < -0.39 is 0 Å². The van der Waals surface area contributed by atoms with Gasteiger partial charge in [-0.3, -0.25) is 0 Å². The molecule has 0 amide bonds. The molecular weight excluding hydrogens is 360 g/mol. The highest BCUT2D eigenvalue weighted by atomic mass is 32.1. The van der Waals surface area contributed by atoms with Crippen molar-refractivity contribution in [2.45, 2.75) is 25.5 Å². The lowest BCUT2D eigenvalue weighted by atomic mass is 10.1. The van der Waals surface area contributed by atoms with Gasteiger partial charge in [0, 0.05) is 23.1 Å². The molecule has 3 aromatic heterocycles. The summed E-state index contributed by atoms with van der Waals surface area (Å²) in [5.74, 6) is 1.21. The van der Waals surface area contributed by atoms with E-state index in [2.05, 4.69) is 48.7 Å². The van der Waals surface area contributed by atoms with Gasteiger partial charge in [-0.15, -0.1) is 0 Å². The number of imidazole rings is 1. The molecule has 7 heteroatoms. The fourth-order valence-corrected chi connectivity index (χ4v) is 4.04. The Labute approximate surface area is 160 Å². The normalized spacial score (nSPS) is 16.8. The summed E-state index contributed by atoms with van der Waals surface area (Å²) in [5, 5.41) is 8.36. The van der Waals surface area contributed by atoms with Crippen LogP contribution in [0.15, 0.2) is 58.0 Å². The third-order valence-electron chi connectivity index (χ3n) is 4.68. The number of nitrogens with zero attached hydrogens (tertiary/aromatic N) is 4. The van der Waals surface area contributed by atoms with Crippen LogP contribution in [0, 0.1) is 0 Å². The molecule has 1 atom stereocenters. The van der Waals surface area contributed by atoms with Crippen LogP contribution in [0.2, 0.25) is 0 Å². The summed E-state index contributed by atoms with van der Waals surface area (Å²) < 4.78 is 13.1. The molecule has 1 aromatic carbocycles. The Hall–Kier alpha value is -2.77. The average molecular weight is 378 g/mol. The molecule has 1 fully saturated rings. The molecule has 0 N–H and O–H groups in total. The molecule has 1 saturated heterocycles. The van der Waals surface area contributed by atoms with Gasteiger partial charge >= 0.3 is 0 Å². The molecule has 0 bridgehead atoms. The Kier molecular flexibility index (Phi) is 4.31. The van der Waals surface area contributed by atoms with Crippen molar-refractivity contribution in [3.8, 4) is 22.5 Å². The van der Waals surface area contributed by atoms with Gasteiger partial charge in [-0.05, 0) is 24.3 Å². The van der Waals surface area contributed by atoms with E-state index in [1.54, 1.807) is 11.3 Å². The topological polar surface area (TPSA) is 66.0 Å². The first-order valence-electron chi connectivity index (χ1n) is 8.95. The van der Waals surface area contributed by atoms with Crippen molar-refractivity contribution in [1.82, 2.24) is 19.7 Å². The van der Waals surface area contributed by atoms with Crippen LogP contribution in [0.5, 0.6) is 0 Å². The Morgan fingerprint density at radius 1 is 1.15 bits per heavy atom. The van der Waals surface area contributed by atoms with E-state index in [1.807, 2.05) is 24.5 Å². The van der Waals surface area contributed by atoms with Crippen LogP contribution in [0.25, 0.3) is 22.5 Å². The summed E-state index contributed by atoms with van der Waals surface area (Å²) in [5.41, 5.74) is 4.24. The van der Waals surface area contributed by atoms with Crippen LogP contribution in [0.3, 0.4) is 0 Å². The fraction of sp³-hybridized carbons (Fsp3) is 0.250. The van der Waals surface area contributed by atoms with Gasteiger partial charge in [-0.1, -0.05) is 35.5 Å². The third-order valence-corrected chi connectivity index (χ3v) is 5.36. The molecule has 0 spiro atoms. The van der Waals surface area contributed by atoms with E-state index in [4.69, 9.17) is 9.26 Å². The zero-order valence-corrected chi connectivity index (χ0v) is 15.4. The van der Waals surface area contributed by atoms with Gasteiger partial charge in [-0.2, -0.15) is 16.3 Å². The largest absolute Gasteiger partial charge is 0.368 e. The summed E-state index contributed by atoms with van der Waals surface area (Å²) in [6, 6.07) is 12.3. The number of benzene rings is 1. The highest BCUT2D eigenvalue weighted by Gasteiger charge is 2.24. The summed E-state index contributed by atoms with van der Waals surface area (Å²) in [7, 11) is 0. The Morgan fingerprint density at radius 2 is 2.07 bits per heavy atom. The molecular formula is C20H18N4O2S.